The van der Waals surface area contributed by atoms with Gasteiger partial charge in [-0.1, -0.05) is 34.6 Å². The maximum atomic E-state index is 12.7. The molecular formula is C15H18BrN3O2S. The molecule has 1 aromatic carbocycles. The van der Waals surface area contributed by atoms with Gasteiger partial charge in [0.25, 0.3) is 5.56 Å². The summed E-state index contributed by atoms with van der Waals surface area (Å²) in [5.74, 6) is -0.0850. The first-order valence-electron chi connectivity index (χ1n) is 7.06. The van der Waals surface area contributed by atoms with E-state index < -0.39 is 0 Å². The molecule has 22 heavy (non-hydrogen) atoms. The molecule has 5 nitrogen and oxygen atoms in total. The molecule has 1 heterocycles. The monoisotopic (exact) mass is 383 g/mol. The van der Waals surface area contributed by atoms with E-state index in [9.17, 15) is 9.59 Å². The van der Waals surface area contributed by atoms with Crippen LogP contribution in [0.25, 0.3) is 10.9 Å². The summed E-state index contributed by atoms with van der Waals surface area (Å²) in [6, 6.07) is 5.45. The third-order valence-electron chi connectivity index (χ3n) is 3.23. The SMILES string of the molecule is CCCn1c(SC(C)C(=O)NC)nc2ccc(Br)cc2c1=O. The van der Waals surface area contributed by atoms with Crippen molar-refractivity contribution < 1.29 is 4.79 Å². The van der Waals surface area contributed by atoms with Crippen LogP contribution in [-0.2, 0) is 11.3 Å². The van der Waals surface area contributed by atoms with Gasteiger partial charge in [-0.05, 0) is 31.5 Å². The van der Waals surface area contributed by atoms with Crippen LogP contribution in [0.5, 0.6) is 0 Å². The molecule has 2 aromatic rings. The zero-order chi connectivity index (χ0) is 16.3. The third-order valence-corrected chi connectivity index (χ3v) is 4.81. The van der Waals surface area contributed by atoms with Crippen LogP contribution in [0.2, 0.25) is 0 Å². The number of nitrogens with zero attached hydrogens (tertiary/aromatic N) is 2. The smallest absolute Gasteiger partial charge is 0.262 e. The van der Waals surface area contributed by atoms with Crippen LogP contribution >= 0.6 is 27.7 Å². The summed E-state index contributed by atoms with van der Waals surface area (Å²) in [5.41, 5.74) is 0.576. The first-order valence-corrected chi connectivity index (χ1v) is 8.73. The zero-order valence-corrected chi connectivity index (χ0v) is 15.1. The maximum absolute atomic E-state index is 12.7. The van der Waals surface area contributed by atoms with Crippen molar-refractivity contribution in [3.63, 3.8) is 0 Å². The van der Waals surface area contributed by atoms with Crippen molar-refractivity contribution in [1.82, 2.24) is 14.9 Å². The number of rotatable bonds is 5. The minimum atomic E-state index is -0.312. The molecular weight excluding hydrogens is 366 g/mol. The highest BCUT2D eigenvalue weighted by molar-refractivity contribution is 9.10. The van der Waals surface area contributed by atoms with Gasteiger partial charge in [-0.2, -0.15) is 0 Å². The van der Waals surface area contributed by atoms with Gasteiger partial charge < -0.3 is 5.32 Å². The summed E-state index contributed by atoms with van der Waals surface area (Å²) >= 11 is 4.69. The van der Waals surface area contributed by atoms with Crippen molar-refractivity contribution in [3.8, 4) is 0 Å². The van der Waals surface area contributed by atoms with E-state index in [1.54, 1.807) is 24.6 Å². The molecule has 0 aliphatic carbocycles. The van der Waals surface area contributed by atoms with Gasteiger partial charge in [0.1, 0.15) is 0 Å². The highest BCUT2D eigenvalue weighted by atomic mass is 79.9. The molecule has 1 unspecified atom stereocenters. The van der Waals surface area contributed by atoms with Crippen LogP contribution in [0.15, 0.2) is 32.6 Å². The lowest BCUT2D eigenvalue weighted by Gasteiger charge is -2.15. The number of nitrogens with one attached hydrogen (secondary N) is 1. The van der Waals surface area contributed by atoms with E-state index in [0.29, 0.717) is 22.6 Å². The highest BCUT2D eigenvalue weighted by Gasteiger charge is 2.18. The Morgan fingerprint density at radius 2 is 2.23 bits per heavy atom. The number of thioether (sulfide) groups is 1. The Morgan fingerprint density at radius 3 is 2.86 bits per heavy atom. The van der Waals surface area contributed by atoms with Gasteiger partial charge in [-0.3, -0.25) is 14.2 Å². The summed E-state index contributed by atoms with van der Waals surface area (Å²) in [6.07, 6.45) is 0.822. The second kappa shape index (κ2) is 7.28. The van der Waals surface area contributed by atoms with E-state index >= 15 is 0 Å². The summed E-state index contributed by atoms with van der Waals surface area (Å²) in [4.78, 5) is 29.0. The lowest BCUT2D eigenvalue weighted by Crippen LogP contribution is -2.29. The van der Waals surface area contributed by atoms with E-state index in [0.717, 1.165) is 10.9 Å². The molecule has 0 spiro atoms. The number of aromatic nitrogens is 2. The minimum Gasteiger partial charge on any atom is -0.358 e. The lowest BCUT2D eigenvalue weighted by molar-refractivity contribution is -0.119. The summed E-state index contributed by atoms with van der Waals surface area (Å²) in [6.45, 7) is 4.39. The average molecular weight is 384 g/mol. The Balaban J connectivity index is 2.57. The Kier molecular flexibility index (Phi) is 5.63. The van der Waals surface area contributed by atoms with Crippen molar-refractivity contribution in [3.05, 3.63) is 33.0 Å². The fourth-order valence-corrected chi connectivity index (χ4v) is 3.45. The first-order chi connectivity index (χ1) is 10.5. The number of hydrogen-bond donors (Lipinski definition) is 1. The van der Waals surface area contributed by atoms with E-state index in [1.807, 2.05) is 19.1 Å². The Morgan fingerprint density at radius 1 is 1.50 bits per heavy atom. The van der Waals surface area contributed by atoms with Gasteiger partial charge in [0.15, 0.2) is 5.16 Å². The molecule has 0 aliphatic heterocycles. The van der Waals surface area contributed by atoms with Crippen molar-refractivity contribution in [2.75, 3.05) is 7.05 Å². The van der Waals surface area contributed by atoms with Crippen molar-refractivity contribution in [1.29, 1.82) is 0 Å². The molecule has 1 amide bonds. The van der Waals surface area contributed by atoms with Crippen LogP contribution in [0.4, 0.5) is 0 Å². The summed E-state index contributed by atoms with van der Waals surface area (Å²) in [5, 5.41) is 3.47. The number of hydrogen-bond acceptors (Lipinski definition) is 4. The number of fused-ring (bicyclic) bond motifs is 1. The molecule has 1 aromatic heterocycles. The minimum absolute atomic E-state index is 0.0697. The number of carbonyl (C=O) groups excluding carboxylic acids is 1. The van der Waals surface area contributed by atoms with Crippen molar-refractivity contribution in [2.24, 2.45) is 0 Å². The molecule has 0 radical (unpaired) electrons. The third kappa shape index (κ3) is 3.52. The summed E-state index contributed by atoms with van der Waals surface area (Å²) in [7, 11) is 1.60. The first kappa shape index (κ1) is 17.0. The predicted molar refractivity (Wildman–Crippen MR) is 93.4 cm³/mol. The van der Waals surface area contributed by atoms with Gasteiger partial charge in [-0.15, -0.1) is 0 Å². The number of carbonyl (C=O) groups is 1. The Labute approximate surface area is 141 Å². The second-order valence-corrected chi connectivity index (χ2v) is 7.11. The fraction of sp³-hybridized carbons (Fsp3) is 0.400. The quantitative estimate of drug-likeness (QED) is 0.636. The van der Waals surface area contributed by atoms with Gasteiger partial charge in [-0.25, -0.2) is 4.98 Å². The maximum Gasteiger partial charge on any atom is 0.262 e. The Hall–Kier alpha value is -1.34. The van der Waals surface area contributed by atoms with Crippen molar-refractivity contribution in [2.45, 2.75) is 37.2 Å². The second-order valence-electron chi connectivity index (χ2n) is 4.89. The zero-order valence-electron chi connectivity index (χ0n) is 12.7. The van der Waals surface area contributed by atoms with Crippen LogP contribution in [0.3, 0.4) is 0 Å². The molecule has 7 heteroatoms. The molecule has 118 valence electrons. The molecule has 0 bridgehead atoms. The largest absolute Gasteiger partial charge is 0.358 e. The van der Waals surface area contributed by atoms with Gasteiger partial charge in [0.2, 0.25) is 5.91 Å². The Bertz CT molecular complexity index is 760. The van der Waals surface area contributed by atoms with E-state index in [-0.39, 0.29) is 16.7 Å². The van der Waals surface area contributed by atoms with E-state index in [2.05, 4.69) is 26.2 Å². The van der Waals surface area contributed by atoms with Gasteiger partial charge in [0.05, 0.1) is 16.2 Å². The predicted octanol–water partition coefficient (Wildman–Crippen LogP) is 2.80. The van der Waals surface area contributed by atoms with Crippen LogP contribution in [0, 0.1) is 0 Å². The highest BCUT2D eigenvalue weighted by Crippen LogP contribution is 2.24. The van der Waals surface area contributed by atoms with Gasteiger partial charge >= 0.3 is 0 Å². The normalized spacial score (nSPS) is 12.4. The fourth-order valence-electron chi connectivity index (χ4n) is 2.10. The summed E-state index contributed by atoms with van der Waals surface area (Å²) < 4.78 is 2.50. The molecule has 2 rings (SSSR count). The molecule has 0 saturated carbocycles. The van der Waals surface area contributed by atoms with Gasteiger partial charge in [0, 0.05) is 18.1 Å². The average Bonchev–Trinajstić information content (AvgIpc) is 2.51. The van der Waals surface area contributed by atoms with Crippen LogP contribution in [-0.4, -0.2) is 27.8 Å². The molecule has 1 N–H and O–H groups in total. The van der Waals surface area contributed by atoms with Crippen LogP contribution in [0.1, 0.15) is 20.3 Å². The number of amides is 1. The number of benzene rings is 1. The molecule has 0 aliphatic rings. The van der Waals surface area contributed by atoms with Crippen molar-refractivity contribution >= 4 is 44.5 Å². The lowest BCUT2D eigenvalue weighted by atomic mass is 10.2. The standard InChI is InChI=1S/C15H18BrN3O2S/c1-4-7-19-14(21)11-8-10(16)5-6-12(11)18-15(19)22-9(2)13(20)17-3/h5-6,8-9H,4,7H2,1-3H3,(H,17,20). The number of halogens is 1. The van der Waals surface area contributed by atoms with E-state index in [4.69, 9.17) is 0 Å². The van der Waals surface area contributed by atoms with E-state index in [1.165, 1.54) is 11.8 Å². The molecule has 0 saturated heterocycles. The molecule has 0 fully saturated rings. The topological polar surface area (TPSA) is 64.0 Å². The molecule has 1 atom stereocenters. The van der Waals surface area contributed by atoms with Crippen LogP contribution < -0.4 is 10.9 Å².